The Hall–Kier alpha value is -2.89. The summed E-state index contributed by atoms with van der Waals surface area (Å²) in [4.78, 5) is 16.1. The van der Waals surface area contributed by atoms with Gasteiger partial charge in [-0.05, 0) is 30.2 Å². The van der Waals surface area contributed by atoms with Crippen LogP contribution in [0, 0.1) is 0 Å². The van der Waals surface area contributed by atoms with Crippen LogP contribution in [0.5, 0.6) is 11.5 Å². The van der Waals surface area contributed by atoms with E-state index in [9.17, 15) is 9.90 Å². The minimum absolute atomic E-state index is 0.000748. The molecular weight excluding hydrogens is 342 g/mol. The van der Waals surface area contributed by atoms with Gasteiger partial charge in [0.1, 0.15) is 5.75 Å². The summed E-state index contributed by atoms with van der Waals surface area (Å²) in [7, 11) is 1.68. The molecule has 0 bridgehead atoms. The number of nitrogens with zero attached hydrogens (tertiary/aromatic N) is 2. The summed E-state index contributed by atoms with van der Waals surface area (Å²) in [6.07, 6.45) is 1.80. The van der Waals surface area contributed by atoms with Crippen LogP contribution in [-0.4, -0.2) is 44.3 Å². The van der Waals surface area contributed by atoms with Crippen molar-refractivity contribution in [1.82, 2.24) is 0 Å². The number of ether oxygens (including phenoxy) is 1. The van der Waals surface area contributed by atoms with E-state index in [4.69, 9.17) is 10.5 Å². The lowest BCUT2D eigenvalue weighted by Crippen LogP contribution is -2.47. The number of nitrogens with two attached hydrogens (primary N) is 1. The second-order valence-corrected chi connectivity index (χ2v) is 6.73. The van der Waals surface area contributed by atoms with Crippen LogP contribution in [-0.2, 0) is 6.42 Å². The number of primary amides is 1. The maximum Gasteiger partial charge on any atom is 0.252 e. The summed E-state index contributed by atoms with van der Waals surface area (Å²) in [5.74, 6) is 0.250. The van der Waals surface area contributed by atoms with E-state index in [0.717, 1.165) is 61.7 Å². The maximum absolute atomic E-state index is 11.7. The van der Waals surface area contributed by atoms with Crippen LogP contribution in [0.2, 0.25) is 0 Å². The first-order valence-electron chi connectivity index (χ1n) is 9.34. The fraction of sp³-hybridized carbons (Fsp3) is 0.381. The van der Waals surface area contributed by atoms with Gasteiger partial charge >= 0.3 is 0 Å². The summed E-state index contributed by atoms with van der Waals surface area (Å²) in [6.45, 7) is 5.18. The number of benzene rings is 2. The molecule has 0 aromatic heterocycles. The molecule has 0 aliphatic carbocycles. The van der Waals surface area contributed by atoms with Gasteiger partial charge in [-0.1, -0.05) is 31.5 Å². The lowest BCUT2D eigenvalue weighted by Gasteiger charge is -2.39. The van der Waals surface area contributed by atoms with Crippen LogP contribution in [0.25, 0.3) is 0 Å². The molecule has 27 heavy (non-hydrogen) atoms. The Bertz CT molecular complexity index is 814. The molecule has 1 amide bonds. The first-order valence-corrected chi connectivity index (χ1v) is 9.34. The van der Waals surface area contributed by atoms with E-state index in [0.29, 0.717) is 0 Å². The molecular formula is C21H27N3O3. The summed E-state index contributed by atoms with van der Waals surface area (Å²) in [5.41, 5.74) is 8.47. The van der Waals surface area contributed by atoms with Gasteiger partial charge in [-0.3, -0.25) is 4.79 Å². The Morgan fingerprint density at radius 1 is 1.11 bits per heavy atom. The second-order valence-electron chi connectivity index (χ2n) is 6.73. The van der Waals surface area contributed by atoms with E-state index >= 15 is 0 Å². The molecule has 1 aliphatic heterocycles. The molecule has 0 spiro atoms. The minimum Gasteiger partial charge on any atom is -0.505 e. The van der Waals surface area contributed by atoms with Gasteiger partial charge < -0.3 is 25.4 Å². The van der Waals surface area contributed by atoms with Gasteiger partial charge in [0, 0.05) is 26.2 Å². The van der Waals surface area contributed by atoms with Crippen LogP contribution < -0.4 is 20.3 Å². The molecule has 144 valence electrons. The molecule has 2 aromatic rings. The summed E-state index contributed by atoms with van der Waals surface area (Å²) >= 11 is 0. The summed E-state index contributed by atoms with van der Waals surface area (Å²) in [5, 5.41) is 10.7. The van der Waals surface area contributed by atoms with Crippen molar-refractivity contribution in [3.05, 3.63) is 47.5 Å². The number of phenols is 1. The van der Waals surface area contributed by atoms with E-state index in [2.05, 4.69) is 22.8 Å². The van der Waals surface area contributed by atoms with Crippen molar-refractivity contribution in [3.63, 3.8) is 0 Å². The number of rotatable bonds is 6. The number of para-hydroxylation sites is 2. The number of anilines is 2. The SMILES string of the molecule is CCCc1ccc(C(N)=O)c(O)c1N1CCN(c2ccccc2OC)CC1. The number of hydrogen-bond donors (Lipinski definition) is 2. The monoisotopic (exact) mass is 369 g/mol. The highest BCUT2D eigenvalue weighted by atomic mass is 16.5. The molecule has 2 aromatic carbocycles. The van der Waals surface area contributed by atoms with E-state index in [1.807, 2.05) is 24.3 Å². The number of amides is 1. The van der Waals surface area contributed by atoms with Gasteiger partial charge in [0.2, 0.25) is 0 Å². The van der Waals surface area contributed by atoms with E-state index < -0.39 is 5.91 Å². The maximum atomic E-state index is 11.7. The molecule has 1 fully saturated rings. The predicted molar refractivity (Wildman–Crippen MR) is 108 cm³/mol. The summed E-state index contributed by atoms with van der Waals surface area (Å²) in [6, 6.07) is 11.5. The quantitative estimate of drug-likeness (QED) is 0.819. The number of aryl methyl sites for hydroxylation is 1. The van der Waals surface area contributed by atoms with Crippen LogP contribution in [0.3, 0.4) is 0 Å². The van der Waals surface area contributed by atoms with Crippen molar-refractivity contribution in [3.8, 4) is 11.5 Å². The molecule has 0 radical (unpaired) electrons. The first kappa shape index (κ1) is 18.9. The van der Waals surface area contributed by atoms with Crippen molar-refractivity contribution < 1.29 is 14.6 Å². The smallest absolute Gasteiger partial charge is 0.252 e. The van der Waals surface area contributed by atoms with Crippen LogP contribution in [0.4, 0.5) is 11.4 Å². The van der Waals surface area contributed by atoms with Crippen molar-refractivity contribution in [2.75, 3.05) is 43.1 Å². The number of methoxy groups -OCH3 is 1. The van der Waals surface area contributed by atoms with Gasteiger partial charge in [-0.2, -0.15) is 0 Å². The predicted octanol–water partition coefficient (Wildman–Crippen LogP) is 2.78. The molecule has 0 atom stereocenters. The zero-order valence-corrected chi connectivity index (χ0v) is 15.9. The Morgan fingerprint density at radius 2 is 1.78 bits per heavy atom. The molecule has 6 heteroatoms. The van der Waals surface area contributed by atoms with Crippen molar-refractivity contribution in [2.45, 2.75) is 19.8 Å². The number of piperazine rings is 1. The minimum atomic E-state index is -0.607. The highest BCUT2D eigenvalue weighted by Gasteiger charge is 2.25. The van der Waals surface area contributed by atoms with E-state index in [1.165, 1.54) is 0 Å². The third kappa shape index (κ3) is 3.79. The Morgan fingerprint density at radius 3 is 2.41 bits per heavy atom. The van der Waals surface area contributed by atoms with Crippen molar-refractivity contribution in [1.29, 1.82) is 0 Å². The van der Waals surface area contributed by atoms with Gasteiger partial charge in [0.05, 0.1) is 24.0 Å². The zero-order valence-electron chi connectivity index (χ0n) is 15.9. The van der Waals surface area contributed by atoms with Crippen LogP contribution >= 0.6 is 0 Å². The lowest BCUT2D eigenvalue weighted by molar-refractivity contribution is 0.0998. The van der Waals surface area contributed by atoms with E-state index in [-0.39, 0.29) is 11.3 Å². The van der Waals surface area contributed by atoms with Crippen LogP contribution in [0.1, 0.15) is 29.3 Å². The van der Waals surface area contributed by atoms with Gasteiger partial charge in [0.15, 0.2) is 5.75 Å². The Kier molecular flexibility index (Phi) is 5.74. The van der Waals surface area contributed by atoms with Crippen molar-refractivity contribution in [2.24, 2.45) is 5.73 Å². The number of carbonyl (C=O) groups is 1. The number of carbonyl (C=O) groups excluding carboxylic acids is 1. The Balaban J connectivity index is 1.85. The molecule has 0 unspecified atom stereocenters. The van der Waals surface area contributed by atoms with Gasteiger partial charge in [-0.25, -0.2) is 0 Å². The summed E-state index contributed by atoms with van der Waals surface area (Å²) < 4.78 is 5.48. The average Bonchev–Trinajstić information content (AvgIpc) is 2.68. The van der Waals surface area contributed by atoms with Gasteiger partial charge in [0.25, 0.3) is 5.91 Å². The van der Waals surface area contributed by atoms with Gasteiger partial charge in [-0.15, -0.1) is 0 Å². The topological polar surface area (TPSA) is 79.0 Å². The zero-order chi connectivity index (χ0) is 19.4. The highest BCUT2D eigenvalue weighted by molar-refractivity contribution is 5.98. The molecule has 0 saturated carbocycles. The third-order valence-electron chi connectivity index (χ3n) is 5.04. The molecule has 1 aliphatic rings. The average molecular weight is 369 g/mol. The fourth-order valence-electron chi connectivity index (χ4n) is 3.71. The number of aromatic hydroxyl groups is 1. The first-order chi connectivity index (χ1) is 13.1. The standard InChI is InChI=1S/C21H27N3O3/c1-3-6-15-9-10-16(21(22)26)20(25)19(15)24-13-11-23(12-14-24)17-7-4-5-8-18(17)27-2/h4-5,7-10,25H,3,6,11-14H2,1-2H3,(H2,22,26). The van der Waals surface area contributed by atoms with Crippen LogP contribution in [0.15, 0.2) is 36.4 Å². The van der Waals surface area contributed by atoms with E-state index in [1.54, 1.807) is 13.2 Å². The van der Waals surface area contributed by atoms with Crippen molar-refractivity contribution >= 4 is 17.3 Å². The molecule has 1 saturated heterocycles. The largest absolute Gasteiger partial charge is 0.505 e. The number of hydrogen-bond acceptors (Lipinski definition) is 5. The third-order valence-corrected chi connectivity index (χ3v) is 5.04. The molecule has 3 N–H and O–H groups in total. The fourth-order valence-corrected chi connectivity index (χ4v) is 3.71. The second kappa shape index (κ2) is 8.20. The molecule has 1 heterocycles. The highest BCUT2D eigenvalue weighted by Crippen LogP contribution is 2.37. The molecule has 3 rings (SSSR count). The lowest BCUT2D eigenvalue weighted by atomic mass is 10.0. The normalized spacial score (nSPS) is 14.3. The Labute approximate surface area is 160 Å². The molecule has 6 nitrogen and oxygen atoms in total.